The molecule has 1 aromatic carbocycles. The molecular formula is C11H8F2N4O. The standard InChI is InChI=1S/C11H8F2N4O/c12-10(13)8-5-9(18)17(16-8)11-14-6-3-1-2-4-7(6)15-11/h1-5,10,16H,(H,14,15). The van der Waals surface area contributed by atoms with Crippen molar-refractivity contribution in [3.05, 3.63) is 46.4 Å². The Labute approximate surface area is 99.1 Å². The zero-order valence-electron chi connectivity index (χ0n) is 9.02. The number of nitrogens with one attached hydrogen (secondary N) is 2. The Morgan fingerprint density at radius 1 is 1.28 bits per heavy atom. The number of hydrogen-bond donors (Lipinski definition) is 2. The van der Waals surface area contributed by atoms with Gasteiger partial charge in [0.05, 0.1) is 11.0 Å². The first-order valence-electron chi connectivity index (χ1n) is 5.20. The van der Waals surface area contributed by atoms with Crippen LogP contribution in [0.1, 0.15) is 12.1 Å². The van der Waals surface area contributed by atoms with Crippen molar-refractivity contribution in [2.24, 2.45) is 0 Å². The van der Waals surface area contributed by atoms with E-state index in [1.54, 1.807) is 18.2 Å². The van der Waals surface area contributed by atoms with Crippen molar-refractivity contribution in [3.63, 3.8) is 0 Å². The number of halogens is 2. The zero-order valence-corrected chi connectivity index (χ0v) is 9.02. The molecular weight excluding hydrogens is 242 g/mol. The molecule has 2 N–H and O–H groups in total. The molecule has 2 aromatic heterocycles. The highest BCUT2D eigenvalue weighted by Crippen LogP contribution is 2.16. The van der Waals surface area contributed by atoms with Crippen LogP contribution in [-0.2, 0) is 0 Å². The topological polar surface area (TPSA) is 66.5 Å². The summed E-state index contributed by atoms with van der Waals surface area (Å²) in [6.07, 6.45) is -2.72. The number of H-pyrrole nitrogens is 2. The van der Waals surface area contributed by atoms with Gasteiger partial charge in [-0.15, -0.1) is 0 Å². The number of benzene rings is 1. The van der Waals surface area contributed by atoms with Crippen molar-refractivity contribution in [1.29, 1.82) is 0 Å². The Kier molecular flexibility index (Phi) is 2.26. The Bertz CT molecular complexity index is 723. The third kappa shape index (κ3) is 1.60. The normalized spacial score (nSPS) is 11.5. The van der Waals surface area contributed by atoms with Crippen LogP contribution in [0.25, 0.3) is 17.0 Å². The monoisotopic (exact) mass is 250 g/mol. The summed E-state index contributed by atoms with van der Waals surface area (Å²) >= 11 is 0. The van der Waals surface area contributed by atoms with Gasteiger partial charge in [-0.05, 0) is 12.1 Å². The van der Waals surface area contributed by atoms with Gasteiger partial charge in [0.25, 0.3) is 12.0 Å². The van der Waals surface area contributed by atoms with Gasteiger partial charge in [0.1, 0.15) is 5.69 Å². The lowest BCUT2D eigenvalue weighted by Crippen LogP contribution is -2.14. The van der Waals surface area contributed by atoms with Crippen molar-refractivity contribution >= 4 is 11.0 Å². The molecule has 0 amide bonds. The first-order chi connectivity index (χ1) is 8.65. The van der Waals surface area contributed by atoms with E-state index in [0.29, 0.717) is 5.52 Å². The number of nitrogens with zero attached hydrogens (tertiary/aromatic N) is 2. The van der Waals surface area contributed by atoms with Crippen LogP contribution in [0.2, 0.25) is 0 Å². The van der Waals surface area contributed by atoms with Crippen molar-refractivity contribution in [2.75, 3.05) is 0 Å². The van der Waals surface area contributed by atoms with Gasteiger partial charge in [-0.2, -0.15) is 4.68 Å². The van der Waals surface area contributed by atoms with Crippen molar-refractivity contribution in [3.8, 4) is 5.95 Å². The fraction of sp³-hybridized carbons (Fsp3) is 0.0909. The second kappa shape index (κ2) is 3.80. The largest absolute Gasteiger partial charge is 0.322 e. The highest BCUT2D eigenvalue weighted by atomic mass is 19.3. The second-order valence-electron chi connectivity index (χ2n) is 3.76. The summed E-state index contributed by atoms with van der Waals surface area (Å²) in [4.78, 5) is 18.6. The molecule has 18 heavy (non-hydrogen) atoms. The number of alkyl halides is 2. The molecule has 92 valence electrons. The van der Waals surface area contributed by atoms with E-state index in [9.17, 15) is 13.6 Å². The maximum atomic E-state index is 12.5. The molecule has 0 fully saturated rings. The van der Waals surface area contributed by atoms with E-state index >= 15 is 0 Å². The molecule has 7 heteroatoms. The van der Waals surface area contributed by atoms with Crippen molar-refractivity contribution in [1.82, 2.24) is 19.7 Å². The molecule has 0 radical (unpaired) electrons. The molecule has 0 saturated carbocycles. The lowest BCUT2D eigenvalue weighted by molar-refractivity contribution is 0.145. The Hall–Kier alpha value is -2.44. The number of imidazole rings is 1. The van der Waals surface area contributed by atoms with Crippen LogP contribution in [0, 0.1) is 0 Å². The van der Waals surface area contributed by atoms with E-state index < -0.39 is 17.7 Å². The molecule has 0 aliphatic heterocycles. The van der Waals surface area contributed by atoms with E-state index in [1.165, 1.54) is 0 Å². The van der Waals surface area contributed by atoms with Crippen LogP contribution in [0.4, 0.5) is 8.78 Å². The average Bonchev–Trinajstić information content (AvgIpc) is 2.91. The van der Waals surface area contributed by atoms with Gasteiger partial charge in [-0.3, -0.25) is 9.89 Å². The number of para-hydroxylation sites is 2. The smallest absolute Gasteiger partial charge is 0.279 e. The first-order valence-corrected chi connectivity index (χ1v) is 5.20. The molecule has 3 rings (SSSR count). The Morgan fingerprint density at radius 3 is 2.72 bits per heavy atom. The van der Waals surface area contributed by atoms with Gasteiger partial charge in [0, 0.05) is 6.07 Å². The lowest BCUT2D eigenvalue weighted by atomic mass is 10.3. The lowest BCUT2D eigenvalue weighted by Gasteiger charge is -1.96. The summed E-state index contributed by atoms with van der Waals surface area (Å²) in [7, 11) is 0. The molecule has 0 bridgehead atoms. The van der Waals surface area contributed by atoms with Crippen molar-refractivity contribution in [2.45, 2.75) is 6.43 Å². The van der Waals surface area contributed by atoms with Crippen LogP contribution in [0.5, 0.6) is 0 Å². The maximum Gasteiger partial charge on any atom is 0.279 e. The van der Waals surface area contributed by atoms with Crippen LogP contribution in [0.15, 0.2) is 35.1 Å². The van der Waals surface area contributed by atoms with Gasteiger partial charge in [0.15, 0.2) is 0 Å². The van der Waals surface area contributed by atoms with Crippen molar-refractivity contribution < 1.29 is 8.78 Å². The van der Waals surface area contributed by atoms with E-state index in [0.717, 1.165) is 16.3 Å². The van der Waals surface area contributed by atoms with Gasteiger partial charge in [-0.1, -0.05) is 12.1 Å². The summed E-state index contributed by atoms with van der Waals surface area (Å²) in [6, 6.07) is 8.02. The molecule has 0 saturated heterocycles. The van der Waals surface area contributed by atoms with Gasteiger partial charge >= 0.3 is 0 Å². The number of aromatic amines is 2. The molecule has 2 heterocycles. The minimum Gasteiger partial charge on any atom is -0.322 e. The van der Waals surface area contributed by atoms with E-state index in [1.807, 2.05) is 6.07 Å². The van der Waals surface area contributed by atoms with Gasteiger partial charge in [-0.25, -0.2) is 13.8 Å². The minimum absolute atomic E-state index is 0.188. The zero-order chi connectivity index (χ0) is 12.7. The van der Waals surface area contributed by atoms with E-state index in [2.05, 4.69) is 15.1 Å². The first kappa shape index (κ1) is 10.7. The number of fused-ring (bicyclic) bond motifs is 1. The third-order valence-corrected chi connectivity index (χ3v) is 2.56. The Balaban J connectivity index is 2.17. The summed E-state index contributed by atoms with van der Waals surface area (Å²) in [5.74, 6) is 0.188. The highest BCUT2D eigenvalue weighted by molar-refractivity contribution is 5.75. The van der Waals surface area contributed by atoms with Crippen LogP contribution < -0.4 is 5.56 Å². The number of hydrogen-bond acceptors (Lipinski definition) is 2. The van der Waals surface area contributed by atoms with Crippen LogP contribution in [-0.4, -0.2) is 19.7 Å². The minimum atomic E-state index is -2.72. The quantitative estimate of drug-likeness (QED) is 0.730. The van der Waals surface area contributed by atoms with E-state index in [-0.39, 0.29) is 5.95 Å². The molecule has 5 nitrogen and oxygen atoms in total. The van der Waals surface area contributed by atoms with Gasteiger partial charge in [0.2, 0.25) is 5.95 Å². The molecule has 0 atom stereocenters. The second-order valence-corrected chi connectivity index (χ2v) is 3.76. The average molecular weight is 250 g/mol. The molecule has 3 aromatic rings. The molecule has 0 spiro atoms. The summed E-state index contributed by atoms with van der Waals surface area (Å²) in [6.45, 7) is 0. The van der Waals surface area contributed by atoms with E-state index in [4.69, 9.17) is 0 Å². The summed E-state index contributed by atoms with van der Waals surface area (Å²) in [5.41, 5.74) is 0.380. The fourth-order valence-corrected chi connectivity index (χ4v) is 1.73. The summed E-state index contributed by atoms with van der Waals surface area (Å²) < 4.78 is 25.9. The maximum absolute atomic E-state index is 12.5. The van der Waals surface area contributed by atoms with Gasteiger partial charge < -0.3 is 4.98 Å². The highest BCUT2D eigenvalue weighted by Gasteiger charge is 2.14. The number of aromatic nitrogens is 4. The molecule has 0 aliphatic carbocycles. The number of rotatable bonds is 2. The SMILES string of the molecule is O=c1cc(C(F)F)[nH]n1-c1nc2ccccc2[nH]1. The van der Waals surface area contributed by atoms with Crippen LogP contribution in [0.3, 0.4) is 0 Å². The Morgan fingerprint density at radius 2 is 2.06 bits per heavy atom. The molecule has 0 aliphatic rings. The fourth-order valence-electron chi connectivity index (χ4n) is 1.73. The molecule has 0 unspecified atom stereocenters. The third-order valence-electron chi connectivity index (χ3n) is 2.56. The van der Waals surface area contributed by atoms with Crippen LogP contribution >= 0.6 is 0 Å². The predicted molar refractivity (Wildman–Crippen MR) is 61.0 cm³/mol. The predicted octanol–water partition coefficient (Wildman–Crippen LogP) is 1.98. The summed E-state index contributed by atoms with van der Waals surface area (Å²) in [5, 5.41) is 2.32.